The number of carboxylic acids is 1. The van der Waals surface area contributed by atoms with Gasteiger partial charge in [0.05, 0.1) is 0 Å². The molecule has 0 atom stereocenters. The number of allylic oxidation sites excluding steroid dienone is 3. The topological polar surface area (TPSA) is 54.4 Å². The van der Waals surface area contributed by atoms with E-state index in [1.54, 1.807) is 12.2 Å². The van der Waals surface area contributed by atoms with Crippen molar-refractivity contribution in [3.05, 3.63) is 21.5 Å². The first-order valence-corrected chi connectivity index (χ1v) is 7.80. The van der Waals surface area contributed by atoms with E-state index in [2.05, 4.69) is 0 Å². The van der Waals surface area contributed by atoms with Gasteiger partial charge in [-0.1, -0.05) is 0 Å². The van der Waals surface area contributed by atoms with Crippen molar-refractivity contribution in [2.45, 2.75) is 0 Å². The number of carbonyl (C=O) groups is 1. The van der Waals surface area contributed by atoms with Crippen molar-refractivity contribution in [2.75, 3.05) is 0 Å². The van der Waals surface area contributed by atoms with Crippen molar-refractivity contribution in [3.63, 3.8) is 0 Å². The molecule has 0 radical (unpaired) electrons. The van der Waals surface area contributed by atoms with Crippen molar-refractivity contribution in [3.8, 4) is 0 Å². The summed E-state index contributed by atoms with van der Waals surface area (Å²) < 4.78 is 12.6. The summed E-state index contributed by atoms with van der Waals surface area (Å²) in [5.41, 5.74) is 0. The summed E-state index contributed by atoms with van der Waals surface area (Å²) in [5.74, 6) is -1.05. The molecule has 0 saturated heterocycles. The fourth-order valence-electron chi connectivity index (χ4n) is 0.594. The van der Waals surface area contributed by atoms with Gasteiger partial charge in [-0.25, -0.2) is 0 Å². The van der Waals surface area contributed by atoms with Crippen molar-refractivity contribution in [2.24, 2.45) is 0 Å². The zero-order chi connectivity index (χ0) is 7.56. The van der Waals surface area contributed by atoms with Crippen LogP contribution in [-0.4, -0.2) is 36.1 Å². The average molecular weight is 334 g/mol. The Balaban J connectivity index is 3.10. The summed E-state index contributed by atoms with van der Waals surface area (Å²) in [6.07, 6.45) is 4.64. The Morgan fingerprint density at radius 3 is 2.60 bits per heavy atom. The van der Waals surface area contributed by atoms with Gasteiger partial charge in [0.25, 0.3) is 0 Å². The molecule has 4 heteroatoms. The molecule has 0 fully saturated rings. The molecule has 1 rings (SSSR count). The molecule has 0 aromatic heterocycles. The molecular formula is C6H5BiO3. The number of hydrogen-bond acceptors (Lipinski definition) is 2. The molecule has 52 valence electrons. The van der Waals surface area contributed by atoms with E-state index < -0.39 is 27.2 Å². The number of rotatable bonds is 1. The molecule has 10 heavy (non-hydrogen) atoms. The van der Waals surface area contributed by atoms with Gasteiger partial charge in [-0.3, -0.25) is 0 Å². The normalized spacial score (nSPS) is 16.0. The third-order valence-corrected chi connectivity index (χ3v) is 5.93. The van der Waals surface area contributed by atoms with Gasteiger partial charge in [0.2, 0.25) is 0 Å². The van der Waals surface area contributed by atoms with Crippen molar-refractivity contribution in [1.29, 1.82) is 0 Å². The van der Waals surface area contributed by atoms with Crippen LogP contribution in [0, 0.1) is 0 Å². The summed E-state index contributed by atoms with van der Waals surface area (Å²) in [7, 11) is 0. The molecule has 3 nitrogen and oxygen atoms in total. The maximum absolute atomic E-state index is 11.0. The van der Waals surface area contributed by atoms with E-state index in [0.717, 1.165) is 0 Å². The molecule has 0 spiro atoms. The van der Waals surface area contributed by atoms with Crippen molar-refractivity contribution >= 4 is 30.9 Å². The SMILES string of the molecule is O=C(O)[C]1=CC=C[CH]=[Bi]1=[O]. The van der Waals surface area contributed by atoms with Gasteiger partial charge in [0.1, 0.15) is 0 Å². The second-order valence-electron chi connectivity index (χ2n) is 1.72. The molecular weight excluding hydrogens is 329 g/mol. The average Bonchev–Trinajstić information content (AvgIpc) is 1.88. The van der Waals surface area contributed by atoms with E-state index in [9.17, 15) is 7.61 Å². The molecule has 0 saturated carbocycles. The quantitative estimate of drug-likeness (QED) is 0.682. The Labute approximate surface area is 65.3 Å². The summed E-state index contributed by atoms with van der Waals surface area (Å²) in [6, 6.07) is 0. The molecule has 1 aliphatic heterocycles. The van der Waals surface area contributed by atoms with Gasteiger partial charge in [0.15, 0.2) is 0 Å². The molecule has 0 unspecified atom stereocenters. The third-order valence-electron chi connectivity index (χ3n) is 1.04. The van der Waals surface area contributed by atoms with Crippen LogP contribution in [0.4, 0.5) is 0 Å². The van der Waals surface area contributed by atoms with E-state index in [1.807, 2.05) is 0 Å². The Kier molecular flexibility index (Phi) is 2.33. The summed E-state index contributed by atoms with van der Waals surface area (Å²) in [6.45, 7) is 0. The second-order valence-corrected chi connectivity index (χ2v) is 7.28. The molecule has 0 aromatic carbocycles. The zero-order valence-corrected chi connectivity index (χ0v) is 8.50. The number of aliphatic carboxylic acids is 1. The van der Waals surface area contributed by atoms with E-state index >= 15 is 0 Å². The van der Waals surface area contributed by atoms with Crippen molar-refractivity contribution < 1.29 is 12.7 Å². The van der Waals surface area contributed by atoms with E-state index in [4.69, 9.17) is 5.11 Å². The van der Waals surface area contributed by atoms with Crippen LogP contribution in [0.15, 0.2) is 21.5 Å². The first kappa shape index (κ1) is 7.61. The second kappa shape index (κ2) is 3.06. The van der Waals surface area contributed by atoms with Crippen LogP contribution in [0.1, 0.15) is 0 Å². The monoisotopic (exact) mass is 334 g/mol. The number of carboxylic acid groups (broad SMARTS) is 1. The predicted molar refractivity (Wildman–Crippen MR) is 37.4 cm³/mol. The van der Waals surface area contributed by atoms with Crippen LogP contribution in [0.5, 0.6) is 0 Å². The van der Waals surface area contributed by atoms with Gasteiger partial charge in [-0.15, -0.1) is 0 Å². The first-order valence-electron chi connectivity index (χ1n) is 2.63. The van der Waals surface area contributed by atoms with Gasteiger partial charge >= 0.3 is 65.2 Å². The molecule has 0 amide bonds. The van der Waals surface area contributed by atoms with Crippen LogP contribution in [0.3, 0.4) is 0 Å². The van der Waals surface area contributed by atoms with E-state index in [1.165, 1.54) is 9.78 Å². The van der Waals surface area contributed by atoms with Gasteiger partial charge < -0.3 is 0 Å². The first-order chi connectivity index (χ1) is 4.72. The van der Waals surface area contributed by atoms with Crippen molar-refractivity contribution in [1.82, 2.24) is 0 Å². The fraction of sp³-hybridized carbons (Fsp3) is 0. The molecule has 1 N–H and O–H groups in total. The minimum atomic E-state index is -3.06. The van der Waals surface area contributed by atoms with Gasteiger partial charge in [0, 0.05) is 0 Å². The molecule has 0 aliphatic carbocycles. The third kappa shape index (κ3) is 1.51. The van der Waals surface area contributed by atoms with E-state index in [0.29, 0.717) is 0 Å². The molecule has 0 aromatic rings. The zero-order valence-electron chi connectivity index (χ0n) is 5.02. The number of hydrogen-bond donors (Lipinski definition) is 1. The fourth-order valence-corrected chi connectivity index (χ4v) is 3.85. The summed E-state index contributed by atoms with van der Waals surface area (Å²) in [4.78, 5) is 10.3. The standard InChI is InChI=1S/C6H5O2.Bi.O/c1-2-3-4-5-6(7)8;;/h1-4H,(H,7,8);;. The van der Waals surface area contributed by atoms with Crippen LogP contribution in [-0.2, 0) is 7.61 Å². The maximum atomic E-state index is 11.0. The van der Waals surface area contributed by atoms with Crippen LogP contribution in [0.25, 0.3) is 0 Å². The summed E-state index contributed by atoms with van der Waals surface area (Å²) in [5, 5.41) is 8.44. The molecule has 0 bridgehead atoms. The minimum absolute atomic E-state index is 0.109. The Hall–Kier alpha value is -0.497. The Bertz CT molecular complexity index is 292. The van der Waals surface area contributed by atoms with Crippen LogP contribution >= 0.6 is 0 Å². The summed E-state index contributed by atoms with van der Waals surface area (Å²) >= 11 is -3.06. The van der Waals surface area contributed by atoms with Gasteiger partial charge in [-0.2, -0.15) is 0 Å². The van der Waals surface area contributed by atoms with Crippen LogP contribution < -0.4 is 0 Å². The molecule has 1 heterocycles. The van der Waals surface area contributed by atoms with Gasteiger partial charge in [-0.05, 0) is 0 Å². The Morgan fingerprint density at radius 2 is 2.20 bits per heavy atom. The predicted octanol–water partition coefficient (Wildman–Crippen LogP) is -0.0877. The molecule has 1 aliphatic rings. The van der Waals surface area contributed by atoms with E-state index in [-0.39, 0.29) is 3.28 Å². The Morgan fingerprint density at radius 1 is 1.50 bits per heavy atom. The van der Waals surface area contributed by atoms with Crippen LogP contribution in [0.2, 0.25) is 0 Å².